The molecule has 3 aromatic rings. The standard InChI is InChI=1S/C16H14Br2N6/c1-23(13-7-3-5-11(17)21-13)15-9-16(20-10-19-15)24(2)14-8-4-6-12(18)22-14/h3-10H,1-2H3. The van der Waals surface area contributed by atoms with Crippen LogP contribution in [0.4, 0.5) is 23.3 Å². The molecule has 0 atom stereocenters. The molecule has 3 rings (SSSR count). The first kappa shape index (κ1) is 16.8. The second-order valence-corrected chi connectivity index (χ2v) is 6.61. The molecule has 0 unspecified atom stereocenters. The maximum Gasteiger partial charge on any atom is 0.139 e. The van der Waals surface area contributed by atoms with Crippen molar-refractivity contribution in [3.05, 3.63) is 58.0 Å². The summed E-state index contributed by atoms with van der Waals surface area (Å²) in [7, 11) is 3.83. The molecule has 0 saturated heterocycles. The van der Waals surface area contributed by atoms with Crippen molar-refractivity contribution >= 4 is 55.1 Å². The number of hydrogen-bond acceptors (Lipinski definition) is 6. The molecule has 3 heterocycles. The van der Waals surface area contributed by atoms with Crippen molar-refractivity contribution in [2.45, 2.75) is 0 Å². The van der Waals surface area contributed by atoms with Crippen molar-refractivity contribution in [1.82, 2.24) is 19.9 Å². The fourth-order valence-corrected chi connectivity index (χ4v) is 2.78. The summed E-state index contributed by atoms with van der Waals surface area (Å²) in [6.07, 6.45) is 1.54. The van der Waals surface area contributed by atoms with Crippen molar-refractivity contribution in [3.8, 4) is 0 Å². The Balaban J connectivity index is 1.91. The molecule has 0 aliphatic carbocycles. The predicted octanol–water partition coefficient (Wildman–Crippen LogP) is 4.33. The van der Waals surface area contributed by atoms with Crippen molar-refractivity contribution in [1.29, 1.82) is 0 Å². The van der Waals surface area contributed by atoms with Crippen LogP contribution in [0.1, 0.15) is 0 Å². The Hall–Kier alpha value is -2.06. The molecule has 0 spiro atoms. The molecule has 3 aromatic heterocycles. The van der Waals surface area contributed by atoms with E-state index in [4.69, 9.17) is 0 Å². The summed E-state index contributed by atoms with van der Waals surface area (Å²) in [5, 5.41) is 0. The summed E-state index contributed by atoms with van der Waals surface area (Å²) in [4.78, 5) is 21.4. The highest BCUT2D eigenvalue weighted by molar-refractivity contribution is 9.10. The van der Waals surface area contributed by atoms with Gasteiger partial charge in [0.15, 0.2) is 0 Å². The molecule has 0 aliphatic heterocycles. The minimum atomic E-state index is 0.743. The summed E-state index contributed by atoms with van der Waals surface area (Å²) in [6, 6.07) is 13.4. The number of anilines is 4. The zero-order chi connectivity index (χ0) is 17.1. The first-order chi connectivity index (χ1) is 11.5. The van der Waals surface area contributed by atoms with Gasteiger partial charge in [-0.25, -0.2) is 19.9 Å². The van der Waals surface area contributed by atoms with E-state index in [1.807, 2.05) is 66.4 Å². The van der Waals surface area contributed by atoms with E-state index in [1.54, 1.807) is 0 Å². The first-order valence-corrected chi connectivity index (χ1v) is 8.68. The Labute approximate surface area is 156 Å². The van der Waals surface area contributed by atoms with Gasteiger partial charge in [0.1, 0.15) is 38.8 Å². The number of rotatable bonds is 4. The van der Waals surface area contributed by atoms with E-state index < -0.39 is 0 Å². The lowest BCUT2D eigenvalue weighted by molar-refractivity contribution is 1.01. The molecule has 0 bridgehead atoms. The highest BCUT2D eigenvalue weighted by Crippen LogP contribution is 2.26. The van der Waals surface area contributed by atoms with Crippen LogP contribution in [0.3, 0.4) is 0 Å². The summed E-state index contributed by atoms with van der Waals surface area (Å²) >= 11 is 6.77. The van der Waals surface area contributed by atoms with Crippen LogP contribution in [0.15, 0.2) is 58.0 Å². The van der Waals surface area contributed by atoms with Crippen LogP contribution >= 0.6 is 31.9 Å². The average Bonchev–Trinajstić information content (AvgIpc) is 2.60. The lowest BCUT2D eigenvalue weighted by Gasteiger charge is -2.21. The van der Waals surface area contributed by atoms with Crippen LogP contribution in [0.5, 0.6) is 0 Å². The van der Waals surface area contributed by atoms with Gasteiger partial charge in [-0.05, 0) is 56.1 Å². The van der Waals surface area contributed by atoms with Crippen LogP contribution in [-0.2, 0) is 0 Å². The number of hydrogen-bond donors (Lipinski definition) is 0. The zero-order valence-electron chi connectivity index (χ0n) is 13.1. The van der Waals surface area contributed by atoms with Gasteiger partial charge in [0.2, 0.25) is 0 Å². The number of nitrogens with zero attached hydrogens (tertiary/aromatic N) is 6. The van der Waals surface area contributed by atoms with E-state index in [2.05, 4.69) is 51.8 Å². The lowest BCUT2D eigenvalue weighted by Crippen LogP contribution is -2.16. The molecule has 8 heteroatoms. The molecule has 6 nitrogen and oxygen atoms in total. The summed E-state index contributed by atoms with van der Waals surface area (Å²) in [6.45, 7) is 0. The number of aromatic nitrogens is 4. The van der Waals surface area contributed by atoms with E-state index >= 15 is 0 Å². The Kier molecular flexibility index (Phi) is 5.06. The molecule has 0 amide bonds. The van der Waals surface area contributed by atoms with Gasteiger partial charge in [0, 0.05) is 20.2 Å². The zero-order valence-corrected chi connectivity index (χ0v) is 16.2. The van der Waals surface area contributed by atoms with Crippen LogP contribution < -0.4 is 9.80 Å². The van der Waals surface area contributed by atoms with Crippen molar-refractivity contribution in [2.24, 2.45) is 0 Å². The second-order valence-electron chi connectivity index (χ2n) is 4.99. The van der Waals surface area contributed by atoms with E-state index in [1.165, 1.54) is 6.33 Å². The molecular formula is C16H14Br2N6. The number of pyridine rings is 2. The largest absolute Gasteiger partial charge is 0.314 e. The predicted molar refractivity (Wildman–Crippen MR) is 102 cm³/mol. The Bertz CT molecular complexity index is 790. The Morgan fingerprint density at radius 3 is 1.58 bits per heavy atom. The molecule has 0 aromatic carbocycles. The SMILES string of the molecule is CN(c1cc(N(C)c2cccc(Br)n2)ncn1)c1cccc(Br)n1. The minimum absolute atomic E-state index is 0.743. The topological polar surface area (TPSA) is 58.0 Å². The van der Waals surface area contributed by atoms with Crippen LogP contribution in [0, 0.1) is 0 Å². The van der Waals surface area contributed by atoms with E-state index in [9.17, 15) is 0 Å². The maximum absolute atomic E-state index is 4.44. The average molecular weight is 450 g/mol. The van der Waals surface area contributed by atoms with E-state index in [0.717, 1.165) is 32.5 Å². The molecule has 24 heavy (non-hydrogen) atoms. The van der Waals surface area contributed by atoms with Gasteiger partial charge in [-0.1, -0.05) is 12.1 Å². The van der Waals surface area contributed by atoms with Gasteiger partial charge in [-0.3, -0.25) is 0 Å². The molecule has 122 valence electrons. The molecule has 0 aliphatic rings. The normalized spacial score (nSPS) is 10.5. The summed E-state index contributed by atoms with van der Waals surface area (Å²) in [5.74, 6) is 3.06. The fraction of sp³-hybridized carbons (Fsp3) is 0.125. The van der Waals surface area contributed by atoms with Gasteiger partial charge in [-0.2, -0.15) is 0 Å². The second kappa shape index (κ2) is 7.23. The summed E-state index contributed by atoms with van der Waals surface area (Å²) < 4.78 is 1.55. The molecule has 0 N–H and O–H groups in total. The highest BCUT2D eigenvalue weighted by atomic mass is 79.9. The molecule has 0 fully saturated rings. The van der Waals surface area contributed by atoms with Crippen LogP contribution in [-0.4, -0.2) is 34.0 Å². The Morgan fingerprint density at radius 2 is 1.17 bits per heavy atom. The third-order valence-electron chi connectivity index (χ3n) is 3.41. The van der Waals surface area contributed by atoms with Gasteiger partial charge in [-0.15, -0.1) is 0 Å². The first-order valence-electron chi connectivity index (χ1n) is 7.09. The minimum Gasteiger partial charge on any atom is -0.314 e. The summed E-state index contributed by atoms with van der Waals surface area (Å²) in [5.41, 5.74) is 0. The van der Waals surface area contributed by atoms with E-state index in [-0.39, 0.29) is 0 Å². The van der Waals surface area contributed by atoms with Gasteiger partial charge in [0.25, 0.3) is 0 Å². The fourth-order valence-electron chi connectivity index (χ4n) is 2.11. The monoisotopic (exact) mass is 448 g/mol. The maximum atomic E-state index is 4.44. The van der Waals surface area contributed by atoms with Crippen molar-refractivity contribution in [3.63, 3.8) is 0 Å². The van der Waals surface area contributed by atoms with Gasteiger partial charge < -0.3 is 9.80 Å². The van der Waals surface area contributed by atoms with Gasteiger partial charge in [0.05, 0.1) is 0 Å². The number of halogens is 2. The van der Waals surface area contributed by atoms with Gasteiger partial charge >= 0.3 is 0 Å². The van der Waals surface area contributed by atoms with Crippen molar-refractivity contribution < 1.29 is 0 Å². The third-order valence-corrected chi connectivity index (χ3v) is 4.30. The molecular weight excluding hydrogens is 436 g/mol. The van der Waals surface area contributed by atoms with Crippen LogP contribution in [0.25, 0.3) is 0 Å². The molecule has 0 radical (unpaired) electrons. The quantitative estimate of drug-likeness (QED) is 0.552. The third kappa shape index (κ3) is 3.70. The van der Waals surface area contributed by atoms with Crippen LogP contribution in [0.2, 0.25) is 0 Å². The highest BCUT2D eigenvalue weighted by Gasteiger charge is 2.12. The lowest BCUT2D eigenvalue weighted by atomic mass is 10.4. The van der Waals surface area contributed by atoms with E-state index in [0.29, 0.717) is 0 Å². The van der Waals surface area contributed by atoms with Crippen molar-refractivity contribution in [2.75, 3.05) is 23.9 Å². The Morgan fingerprint density at radius 1 is 0.708 bits per heavy atom. The molecule has 0 saturated carbocycles. The smallest absolute Gasteiger partial charge is 0.139 e.